The van der Waals surface area contributed by atoms with Crippen LogP contribution in [0.15, 0.2) is 164 Å². The highest BCUT2D eigenvalue weighted by molar-refractivity contribution is 5.85. The van der Waals surface area contributed by atoms with Crippen LogP contribution in [0.1, 0.15) is 22.4 Å². The minimum atomic E-state index is -0.571. The average molecular weight is 554 g/mol. The average Bonchev–Trinajstić information content (AvgIpc) is 3.69. The maximum absolute atomic E-state index is 6.53. The Kier molecular flexibility index (Phi) is 5.97. The molecule has 2 heterocycles. The van der Waals surface area contributed by atoms with E-state index in [4.69, 9.17) is 9.72 Å². The number of hydrogen-bond acceptors (Lipinski definition) is 3. The molecule has 204 valence electrons. The van der Waals surface area contributed by atoms with Gasteiger partial charge in [0.2, 0.25) is 0 Å². The number of aromatic nitrogens is 3. The Balaban J connectivity index is 1.20. The first kappa shape index (κ1) is 25.0. The lowest BCUT2D eigenvalue weighted by atomic mass is 9.70. The molecule has 0 unspecified atom stereocenters. The fourth-order valence-electron chi connectivity index (χ4n) is 6.42. The molecule has 1 aliphatic carbocycles. The second-order valence-electron chi connectivity index (χ2n) is 10.7. The van der Waals surface area contributed by atoms with Crippen LogP contribution in [0.5, 0.6) is 11.5 Å². The molecule has 0 N–H and O–H groups in total. The van der Waals surface area contributed by atoms with E-state index in [1.54, 1.807) is 0 Å². The number of ether oxygens (including phenoxy) is 1. The molecule has 0 saturated carbocycles. The molecule has 0 fully saturated rings. The van der Waals surface area contributed by atoms with Gasteiger partial charge < -0.3 is 4.74 Å². The standard InChI is InChI=1S/C39H27N3O/c1-2-12-28(13-3-1)29-26-41-42(27-29)31-15-11-17-33(25-31)43-32-16-10-14-30(24-32)39(38-22-8-9-23-40-38)36-20-6-4-18-34(36)35-19-5-7-21-37(35)39/h1-27H. The van der Waals surface area contributed by atoms with Crippen LogP contribution in [0.2, 0.25) is 0 Å². The number of rotatable bonds is 6. The zero-order chi connectivity index (χ0) is 28.6. The van der Waals surface area contributed by atoms with Crippen LogP contribution in [0, 0.1) is 0 Å². The van der Waals surface area contributed by atoms with Gasteiger partial charge in [0.15, 0.2) is 0 Å². The van der Waals surface area contributed by atoms with Crippen LogP contribution < -0.4 is 4.74 Å². The number of hydrogen-bond donors (Lipinski definition) is 0. The van der Waals surface area contributed by atoms with E-state index in [9.17, 15) is 0 Å². The Hall–Kier alpha value is -5.74. The lowest BCUT2D eigenvalue weighted by Gasteiger charge is -2.32. The summed E-state index contributed by atoms with van der Waals surface area (Å²) in [4.78, 5) is 4.94. The summed E-state index contributed by atoms with van der Waals surface area (Å²) in [7, 11) is 0. The molecule has 0 aliphatic heterocycles. The topological polar surface area (TPSA) is 39.9 Å². The van der Waals surface area contributed by atoms with Crippen molar-refractivity contribution in [2.75, 3.05) is 0 Å². The van der Waals surface area contributed by atoms with Crippen molar-refractivity contribution in [3.8, 4) is 39.4 Å². The monoisotopic (exact) mass is 553 g/mol. The minimum absolute atomic E-state index is 0.571. The van der Waals surface area contributed by atoms with E-state index in [0.717, 1.165) is 39.6 Å². The third kappa shape index (κ3) is 4.15. The highest BCUT2D eigenvalue weighted by Gasteiger charge is 2.47. The summed E-state index contributed by atoms with van der Waals surface area (Å²) in [5.74, 6) is 1.50. The normalized spacial score (nSPS) is 12.8. The second-order valence-corrected chi connectivity index (χ2v) is 10.7. The van der Waals surface area contributed by atoms with Gasteiger partial charge in [-0.1, -0.05) is 103 Å². The summed E-state index contributed by atoms with van der Waals surface area (Å²) in [6, 6.07) is 50.2. The molecule has 7 aromatic rings. The first-order valence-electron chi connectivity index (χ1n) is 14.4. The maximum atomic E-state index is 6.53. The third-order valence-corrected chi connectivity index (χ3v) is 8.28. The predicted molar refractivity (Wildman–Crippen MR) is 171 cm³/mol. The van der Waals surface area contributed by atoms with Gasteiger partial charge in [-0.25, -0.2) is 4.68 Å². The number of benzene rings is 5. The Bertz CT molecular complexity index is 2020. The summed E-state index contributed by atoms with van der Waals surface area (Å²) < 4.78 is 8.41. The number of pyridine rings is 1. The molecule has 1 aliphatic rings. The van der Waals surface area contributed by atoms with Gasteiger partial charge in [0.05, 0.1) is 23.0 Å². The van der Waals surface area contributed by atoms with Crippen molar-refractivity contribution in [1.29, 1.82) is 0 Å². The van der Waals surface area contributed by atoms with Gasteiger partial charge in [-0.05, 0) is 69.8 Å². The Labute approximate surface area is 250 Å². The zero-order valence-corrected chi connectivity index (χ0v) is 23.3. The van der Waals surface area contributed by atoms with Gasteiger partial charge in [-0.2, -0.15) is 5.10 Å². The van der Waals surface area contributed by atoms with Crippen molar-refractivity contribution in [3.63, 3.8) is 0 Å². The van der Waals surface area contributed by atoms with Crippen LogP contribution in [-0.2, 0) is 5.41 Å². The maximum Gasteiger partial charge on any atom is 0.129 e. The fraction of sp³-hybridized carbons (Fsp3) is 0.0256. The lowest BCUT2D eigenvalue weighted by Crippen LogP contribution is -2.29. The van der Waals surface area contributed by atoms with Crippen LogP contribution in [-0.4, -0.2) is 14.8 Å². The van der Waals surface area contributed by atoms with Crippen molar-refractivity contribution >= 4 is 0 Å². The van der Waals surface area contributed by atoms with E-state index in [1.165, 1.54) is 22.3 Å². The molecule has 43 heavy (non-hydrogen) atoms. The molecule has 4 heteroatoms. The molecule has 0 atom stereocenters. The summed E-state index contributed by atoms with van der Waals surface area (Å²) >= 11 is 0. The Morgan fingerprint density at radius 2 is 1.23 bits per heavy atom. The molecule has 0 spiro atoms. The quantitative estimate of drug-likeness (QED) is 0.206. The molecule has 0 bridgehead atoms. The predicted octanol–water partition coefficient (Wildman–Crippen LogP) is 9.09. The molecule has 0 saturated heterocycles. The Morgan fingerprint density at radius 3 is 1.98 bits per heavy atom. The van der Waals surface area contributed by atoms with E-state index in [2.05, 4.69) is 96.1 Å². The fourth-order valence-corrected chi connectivity index (χ4v) is 6.42. The van der Waals surface area contributed by atoms with E-state index in [-0.39, 0.29) is 0 Å². The van der Waals surface area contributed by atoms with E-state index in [1.807, 2.05) is 77.9 Å². The van der Waals surface area contributed by atoms with Crippen molar-refractivity contribution in [2.45, 2.75) is 5.41 Å². The van der Waals surface area contributed by atoms with Crippen LogP contribution in [0.4, 0.5) is 0 Å². The van der Waals surface area contributed by atoms with Gasteiger partial charge in [-0.15, -0.1) is 0 Å². The van der Waals surface area contributed by atoms with Gasteiger partial charge >= 0.3 is 0 Å². The smallest absolute Gasteiger partial charge is 0.129 e. The van der Waals surface area contributed by atoms with Crippen molar-refractivity contribution < 1.29 is 4.74 Å². The van der Waals surface area contributed by atoms with Crippen molar-refractivity contribution in [1.82, 2.24) is 14.8 Å². The van der Waals surface area contributed by atoms with Gasteiger partial charge in [-0.3, -0.25) is 4.98 Å². The molecule has 0 radical (unpaired) electrons. The Morgan fingerprint density at radius 1 is 0.558 bits per heavy atom. The molecule has 0 amide bonds. The number of fused-ring (bicyclic) bond motifs is 3. The third-order valence-electron chi connectivity index (χ3n) is 8.28. The zero-order valence-electron chi connectivity index (χ0n) is 23.3. The van der Waals surface area contributed by atoms with E-state index >= 15 is 0 Å². The molecular weight excluding hydrogens is 526 g/mol. The molecule has 4 nitrogen and oxygen atoms in total. The highest BCUT2D eigenvalue weighted by atomic mass is 16.5. The minimum Gasteiger partial charge on any atom is -0.457 e. The first-order valence-corrected chi connectivity index (χ1v) is 14.4. The van der Waals surface area contributed by atoms with Crippen LogP contribution >= 0.6 is 0 Å². The van der Waals surface area contributed by atoms with E-state index < -0.39 is 5.41 Å². The highest BCUT2D eigenvalue weighted by Crippen LogP contribution is 2.55. The summed E-state index contributed by atoms with van der Waals surface area (Å²) in [6.07, 6.45) is 5.81. The lowest BCUT2D eigenvalue weighted by molar-refractivity contribution is 0.480. The van der Waals surface area contributed by atoms with Gasteiger partial charge in [0, 0.05) is 24.0 Å². The summed E-state index contributed by atoms with van der Waals surface area (Å²) in [6.45, 7) is 0. The summed E-state index contributed by atoms with van der Waals surface area (Å²) in [5.41, 5.74) is 9.57. The number of nitrogens with zero attached hydrogens (tertiary/aromatic N) is 3. The van der Waals surface area contributed by atoms with Crippen molar-refractivity contribution in [2.24, 2.45) is 0 Å². The molecule has 8 rings (SSSR count). The summed E-state index contributed by atoms with van der Waals surface area (Å²) in [5, 5.41) is 4.62. The molecular formula is C39H27N3O. The SMILES string of the molecule is c1ccc(-c2cnn(-c3cccc(Oc4cccc(C5(c6ccccn6)c6ccccc6-c6ccccc65)c4)c3)c2)cc1. The van der Waals surface area contributed by atoms with Crippen LogP contribution in [0.25, 0.3) is 27.9 Å². The molecule has 2 aromatic heterocycles. The first-order chi connectivity index (χ1) is 21.3. The largest absolute Gasteiger partial charge is 0.457 e. The molecule has 5 aromatic carbocycles. The van der Waals surface area contributed by atoms with Crippen molar-refractivity contribution in [3.05, 3.63) is 187 Å². The van der Waals surface area contributed by atoms with Crippen LogP contribution in [0.3, 0.4) is 0 Å². The van der Waals surface area contributed by atoms with Gasteiger partial charge in [0.25, 0.3) is 0 Å². The second kappa shape index (κ2) is 10.3. The van der Waals surface area contributed by atoms with E-state index in [0.29, 0.717) is 0 Å². The van der Waals surface area contributed by atoms with Gasteiger partial charge in [0.1, 0.15) is 11.5 Å².